The molecule has 0 atom stereocenters. The molecule has 0 saturated heterocycles. The highest BCUT2D eigenvalue weighted by Crippen LogP contribution is 2.19. The molecule has 0 N–H and O–H groups in total. The van der Waals surface area contributed by atoms with E-state index in [0.29, 0.717) is 5.56 Å². The van der Waals surface area contributed by atoms with Crippen LogP contribution in [0.3, 0.4) is 0 Å². The van der Waals surface area contributed by atoms with Crippen molar-refractivity contribution in [3.8, 4) is 0 Å². The van der Waals surface area contributed by atoms with E-state index in [4.69, 9.17) is 0 Å². The van der Waals surface area contributed by atoms with Crippen LogP contribution in [0.1, 0.15) is 10.4 Å². The molecule has 1 aromatic carbocycles. The summed E-state index contributed by atoms with van der Waals surface area (Å²) < 4.78 is 0. The smallest absolute Gasteiger partial charge is 0.218 e. The van der Waals surface area contributed by atoms with Gasteiger partial charge >= 0.3 is 0 Å². The second kappa shape index (κ2) is 3.63. The predicted molar refractivity (Wildman–Crippen MR) is 54.1 cm³/mol. The van der Waals surface area contributed by atoms with E-state index in [1.165, 1.54) is 0 Å². The van der Waals surface area contributed by atoms with E-state index in [0.717, 1.165) is 5.69 Å². The number of hydrogen-bond donors (Lipinski definition) is 1. The maximum atomic E-state index is 11.0. The van der Waals surface area contributed by atoms with Gasteiger partial charge in [0.15, 0.2) is 0 Å². The second-order valence-corrected chi connectivity index (χ2v) is 3.12. The van der Waals surface area contributed by atoms with Crippen molar-refractivity contribution in [3.63, 3.8) is 0 Å². The number of carbonyl (C=O) groups excluding carboxylic acids is 1. The first-order valence-corrected chi connectivity index (χ1v) is 4.07. The molecule has 0 unspecified atom stereocenters. The Morgan fingerprint density at radius 2 is 1.92 bits per heavy atom. The minimum Gasteiger partial charge on any atom is -0.377 e. The summed E-state index contributed by atoms with van der Waals surface area (Å²) in [4.78, 5) is 12.9. The standard InChI is InChI=1S/C9H11NOS/c1-10(2)8-6-4-3-5-7(8)9(11)12/h3-6H,1-2H3,(H,11,12). The van der Waals surface area contributed by atoms with Crippen molar-refractivity contribution in [3.05, 3.63) is 29.8 Å². The minimum atomic E-state index is -0.195. The molecular formula is C9H11NOS. The Hall–Kier alpha value is -0.960. The topological polar surface area (TPSA) is 20.3 Å². The molecule has 0 spiro atoms. The van der Waals surface area contributed by atoms with Crippen LogP contribution >= 0.6 is 12.6 Å². The summed E-state index contributed by atoms with van der Waals surface area (Å²) in [6, 6.07) is 7.39. The first-order chi connectivity index (χ1) is 5.63. The predicted octanol–water partition coefficient (Wildman–Crippen LogP) is 1.82. The fourth-order valence-electron chi connectivity index (χ4n) is 1.04. The number of thiol groups is 1. The van der Waals surface area contributed by atoms with E-state index in [9.17, 15) is 4.79 Å². The number of nitrogens with zero attached hydrogens (tertiary/aromatic N) is 1. The lowest BCUT2D eigenvalue weighted by atomic mass is 10.2. The summed E-state index contributed by atoms with van der Waals surface area (Å²) in [6.45, 7) is 0. The van der Waals surface area contributed by atoms with Gasteiger partial charge in [-0.3, -0.25) is 4.79 Å². The molecular weight excluding hydrogens is 170 g/mol. The van der Waals surface area contributed by atoms with Gasteiger partial charge in [0, 0.05) is 19.8 Å². The van der Waals surface area contributed by atoms with E-state index in [1.807, 2.05) is 37.2 Å². The molecule has 0 aliphatic carbocycles. The van der Waals surface area contributed by atoms with Gasteiger partial charge in [0.25, 0.3) is 0 Å². The summed E-state index contributed by atoms with van der Waals surface area (Å²) in [7, 11) is 3.80. The third-order valence-electron chi connectivity index (χ3n) is 1.62. The Kier molecular flexibility index (Phi) is 2.76. The third kappa shape index (κ3) is 1.80. The fourth-order valence-corrected chi connectivity index (χ4v) is 1.23. The van der Waals surface area contributed by atoms with Crippen molar-refractivity contribution in [2.75, 3.05) is 19.0 Å². The van der Waals surface area contributed by atoms with E-state index in [-0.39, 0.29) is 5.12 Å². The molecule has 0 radical (unpaired) electrons. The molecule has 0 bridgehead atoms. The lowest BCUT2D eigenvalue weighted by Gasteiger charge is -2.14. The average molecular weight is 181 g/mol. The first kappa shape index (κ1) is 9.13. The highest BCUT2D eigenvalue weighted by molar-refractivity contribution is 7.97. The zero-order chi connectivity index (χ0) is 9.14. The molecule has 0 aliphatic rings. The summed E-state index contributed by atoms with van der Waals surface area (Å²) >= 11 is 3.79. The SMILES string of the molecule is CN(C)c1ccccc1C(=O)S. The molecule has 12 heavy (non-hydrogen) atoms. The lowest BCUT2D eigenvalue weighted by molar-refractivity contribution is 0.109. The Balaban J connectivity index is 3.17. The van der Waals surface area contributed by atoms with Gasteiger partial charge < -0.3 is 4.90 Å². The van der Waals surface area contributed by atoms with Crippen LogP contribution in [0.25, 0.3) is 0 Å². The molecule has 3 heteroatoms. The van der Waals surface area contributed by atoms with Crippen LogP contribution in [0.5, 0.6) is 0 Å². The van der Waals surface area contributed by atoms with Gasteiger partial charge in [0.1, 0.15) is 0 Å². The molecule has 2 nitrogen and oxygen atoms in total. The number of rotatable bonds is 2. The summed E-state index contributed by atoms with van der Waals surface area (Å²) in [5, 5.41) is -0.195. The van der Waals surface area contributed by atoms with Crippen LogP contribution in [0.4, 0.5) is 5.69 Å². The zero-order valence-electron chi connectivity index (χ0n) is 7.11. The highest BCUT2D eigenvalue weighted by Gasteiger charge is 2.07. The summed E-state index contributed by atoms with van der Waals surface area (Å²) in [5.74, 6) is 0. The summed E-state index contributed by atoms with van der Waals surface area (Å²) in [5.41, 5.74) is 1.54. The van der Waals surface area contributed by atoms with Gasteiger partial charge in [-0.05, 0) is 12.1 Å². The number of anilines is 1. The van der Waals surface area contributed by atoms with E-state index in [1.54, 1.807) is 6.07 Å². The maximum Gasteiger partial charge on any atom is 0.218 e. The average Bonchev–Trinajstić information content (AvgIpc) is 2.04. The monoisotopic (exact) mass is 181 g/mol. The Bertz CT molecular complexity index is 296. The van der Waals surface area contributed by atoms with Crippen LogP contribution in [-0.4, -0.2) is 19.2 Å². The number of carbonyl (C=O) groups is 1. The first-order valence-electron chi connectivity index (χ1n) is 3.62. The Labute approximate surface area is 77.6 Å². The zero-order valence-corrected chi connectivity index (χ0v) is 8.01. The highest BCUT2D eigenvalue weighted by atomic mass is 32.1. The molecule has 1 aromatic rings. The van der Waals surface area contributed by atoms with Gasteiger partial charge in [-0.25, -0.2) is 0 Å². The minimum absolute atomic E-state index is 0.195. The number of para-hydroxylation sites is 1. The largest absolute Gasteiger partial charge is 0.377 e. The maximum absolute atomic E-state index is 11.0. The number of hydrogen-bond acceptors (Lipinski definition) is 2. The van der Waals surface area contributed by atoms with Crippen molar-refractivity contribution < 1.29 is 4.79 Å². The van der Waals surface area contributed by atoms with Crippen molar-refractivity contribution in [1.29, 1.82) is 0 Å². The van der Waals surface area contributed by atoms with Crippen LogP contribution < -0.4 is 4.90 Å². The molecule has 0 heterocycles. The summed E-state index contributed by atoms with van der Waals surface area (Å²) in [6.07, 6.45) is 0. The van der Waals surface area contributed by atoms with Crippen LogP contribution in [0.15, 0.2) is 24.3 Å². The van der Waals surface area contributed by atoms with Crippen LogP contribution in [0.2, 0.25) is 0 Å². The van der Waals surface area contributed by atoms with E-state index in [2.05, 4.69) is 12.6 Å². The third-order valence-corrected chi connectivity index (χ3v) is 1.86. The van der Waals surface area contributed by atoms with Gasteiger partial charge in [-0.2, -0.15) is 0 Å². The van der Waals surface area contributed by atoms with Gasteiger partial charge in [0.05, 0.1) is 5.56 Å². The van der Waals surface area contributed by atoms with Gasteiger partial charge in [-0.15, -0.1) is 12.6 Å². The van der Waals surface area contributed by atoms with Crippen LogP contribution in [-0.2, 0) is 0 Å². The van der Waals surface area contributed by atoms with Crippen molar-refractivity contribution in [2.45, 2.75) is 0 Å². The van der Waals surface area contributed by atoms with Gasteiger partial charge in [-0.1, -0.05) is 12.1 Å². The molecule has 0 aromatic heterocycles. The fraction of sp³-hybridized carbons (Fsp3) is 0.222. The number of benzene rings is 1. The van der Waals surface area contributed by atoms with Crippen LogP contribution in [0, 0.1) is 0 Å². The molecule has 0 aliphatic heterocycles. The normalized spacial score (nSPS) is 9.58. The Morgan fingerprint density at radius 3 is 2.33 bits per heavy atom. The van der Waals surface area contributed by atoms with Gasteiger partial charge in [0.2, 0.25) is 5.12 Å². The molecule has 1 rings (SSSR count). The van der Waals surface area contributed by atoms with Crippen molar-refractivity contribution in [2.24, 2.45) is 0 Å². The molecule has 0 amide bonds. The van der Waals surface area contributed by atoms with E-state index < -0.39 is 0 Å². The van der Waals surface area contributed by atoms with E-state index >= 15 is 0 Å². The quantitative estimate of drug-likeness (QED) is 0.702. The molecule has 64 valence electrons. The lowest BCUT2D eigenvalue weighted by Crippen LogP contribution is -2.12. The van der Waals surface area contributed by atoms with Crippen molar-refractivity contribution in [1.82, 2.24) is 0 Å². The second-order valence-electron chi connectivity index (χ2n) is 2.72. The molecule has 0 saturated carbocycles. The molecule has 0 fully saturated rings. The Morgan fingerprint density at radius 1 is 1.33 bits per heavy atom. The van der Waals surface area contributed by atoms with Crippen molar-refractivity contribution >= 4 is 23.4 Å².